The van der Waals surface area contributed by atoms with Gasteiger partial charge in [-0.3, -0.25) is 0 Å². The molecule has 3 rings (SSSR count). The molecule has 1 N–H and O–H groups in total. The Morgan fingerprint density at radius 1 is 1.17 bits per heavy atom. The number of halogens is 1. The molecule has 1 aromatic heterocycles. The molecule has 1 amide bonds. The summed E-state index contributed by atoms with van der Waals surface area (Å²) in [5, 5.41) is 3.57. The van der Waals surface area contributed by atoms with E-state index < -0.39 is 21.9 Å². The van der Waals surface area contributed by atoms with Crippen molar-refractivity contribution in [1.29, 1.82) is 0 Å². The maximum atomic E-state index is 13.5. The fraction of sp³-hybridized carbons (Fsp3) is 0. The minimum absolute atomic E-state index is 0.0304. The molecule has 0 radical (unpaired) electrons. The molecule has 0 atom stereocenters. The SMILES string of the molecule is O=C(NS(=O)(=O)c1ccccc1)Oc1ccc(F)c2nnsc12. The smallest absolute Gasteiger partial charge is 0.408 e. The van der Waals surface area contributed by atoms with Gasteiger partial charge < -0.3 is 4.74 Å². The predicted octanol–water partition coefficient (Wildman–Crippen LogP) is 2.31. The maximum absolute atomic E-state index is 13.5. The van der Waals surface area contributed by atoms with Crippen molar-refractivity contribution in [3.63, 3.8) is 0 Å². The molecule has 2 aromatic carbocycles. The molecule has 23 heavy (non-hydrogen) atoms. The van der Waals surface area contributed by atoms with E-state index in [2.05, 4.69) is 9.59 Å². The van der Waals surface area contributed by atoms with Crippen molar-refractivity contribution in [2.75, 3.05) is 0 Å². The van der Waals surface area contributed by atoms with Gasteiger partial charge in [0.25, 0.3) is 10.0 Å². The Labute approximate surface area is 133 Å². The lowest BCUT2D eigenvalue weighted by atomic mass is 10.3. The first kappa shape index (κ1) is 15.3. The molecule has 0 aliphatic rings. The van der Waals surface area contributed by atoms with Crippen LogP contribution in [0.15, 0.2) is 47.4 Å². The first-order valence-electron chi connectivity index (χ1n) is 6.17. The second-order valence-corrected chi connectivity index (χ2v) is 6.74. The Kier molecular flexibility index (Phi) is 3.92. The van der Waals surface area contributed by atoms with Gasteiger partial charge in [0.2, 0.25) is 0 Å². The van der Waals surface area contributed by atoms with Crippen molar-refractivity contribution in [3.8, 4) is 5.75 Å². The zero-order valence-electron chi connectivity index (χ0n) is 11.3. The van der Waals surface area contributed by atoms with Crippen LogP contribution in [0.5, 0.6) is 5.75 Å². The van der Waals surface area contributed by atoms with Gasteiger partial charge >= 0.3 is 6.09 Å². The van der Waals surface area contributed by atoms with E-state index in [1.54, 1.807) is 10.8 Å². The number of hydrogen-bond donors (Lipinski definition) is 1. The first-order valence-corrected chi connectivity index (χ1v) is 8.43. The molecule has 1 heterocycles. The highest BCUT2D eigenvalue weighted by molar-refractivity contribution is 7.90. The summed E-state index contributed by atoms with van der Waals surface area (Å²) in [5.74, 6) is -0.643. The molecular formula is C13H8FN3O4S2. The number of carbonyl (C=O) groups is 1. The van der Waals surface area contributed by atoms with Crippen LogP contribution in [0, 0.1) is 5.82 Å². The maximum Gasteiger partial charge on any atom is 0.426 e. The molecule has 0 spiro atoms. The van der Waals surface area contributed by atoms with E-state index in [0.29, 0.717) is 0 Å². The molecular weight excluding hydrogens is 345 g/mol. The molecule has 0 saturated carbocycles. The number of nitrogens with one attached hydrogen (secondary N) is 1. The van der Waals surface area contributed by atoms with Crippen LogP contribution in [0.2, 0.25) is 0 Å². The summed E-state index contributed by atoms with van der Waals surface area (Å²) in [6, 6.07) is 9.60. The van der Waals surface area contributed by atoms with E-state index in [-0.39, 0.29) is 20.9 Å². The van der Waals surface area contributed by atoms with Gasteiger partial charge in [0.1, 0.15) is 10.2 Å². The highest BCUT2D eigenvalue weighted by atomic mass is 32.2. The molecule has 118 valence electrons. The summed E-state index contributed by atoms with van der Waals surface area (Å²) in [6.07, 6.45) is -1.21. The monoisotopic (exact) mass is 353 g/mol. The van der Waals surface area contributed by atoms with E-state index >= 15 is 0 Å². The van der Waals surface area contributed by atoms with Crippen LogP contribution in [0.25, 0.3) is 10.2 Å². The lowest BCUT2D eigenvalue weighted by Crippen LogP contribution is -2.33. The average molecular weight is 353 g/mol. The van der Waals surface area contributed by atoms with Crippen LogP contribution in [-0.2, 0) is 10.0 Å². The molecule has 0 fully saturated rings. The van der Waals surface area contributed by atoms with Crippen molar-refractivity contribution in [3.05, 3.63) is 48.3 Å². The summed E-state index contributed by atoms with van der Waals surface area (Å²) in [4.78, 5) is 11.7. The summed E-state index contributed by atoms with van der Waals surface area (Å²) in [6.45, 7) is 0. The molecule has 0 saturated heterocycles. The highest BCUT2D eigenvalue weighted by Crippen LogP contribution is 2.29. The zero-order chi connectivity index (χ0) is 16.4. The predicted molar refractivity (Wildman–Crippen MR) is 80.2 cm³/mol. The molecule has 0 bridgehead atoms. The fourth-order valence-electron chi connectivity index (χ4n) is 1.78. The molecule has 0 aliphatic carbocycles. The van der Waals surface area contributed by atoms with Crippen molar-refractivity contribution in [1.82, 2.24) is 14.3 Å². The van der Waals surface area contributed by atoms with E-state index in [9.17, 15) is 17.6 Å². The Hall–Kier alpha value is -2.59. The molecule has 0 unspecified atom stereocenters. The Morgan fingerprint density at radius 2 is 1.91 bits per heavy atom. The second kappa shape index (κ2) is 5.89. The van der Waals surface area contributed by atoms with E-state index in [0.717, 1.165) is 17.6 Å². The largest absolute Gasteiger partial charge is 0.426 e. The zero-order valence-corrected chi connectivity index (χ0v) is 12.9. The Balaban J connectivity index is 1.82. The minimum Gasteiger partial charge on any atom is -0.408 e. The molecule has 3 aromatic rings. The normalized spacial score (nSPS) is 11.3. The highest BCUT2D eigenvalue weighted by Gasteiger charge is 2.20. The summed E-state index contributed by atoms with van der Waals surface area (Å²) < 4.78 is 48.0. The average Bonchev–Trinajstić information content (AvgIpc) is 3.01. The van der Waals surface area contributed by atoms with Gasteiger partial charge in [0.15, 0.2) is 11.6 Å². The van der Waals surface area contributed by atoms with Gasteiger partial charge in [-0.25, -0.2) is 22.3 Å². The van der Waals surface area contributed by atoms with Gasteiger partial charge in [-0.1, -0.05) is 22.7 Å². The molecule has 0 aliphatic heterocycles. The van der Waals surface area contributed by atoms with Crippen LogP contribution in [0.1, 0.15) is 0 Å². The summed E-state index contributed by atoms with van der Waals surface area (Å²) >= 11 is 0.829. The van der Waals surface area contributed by atoms with Gasteiger partial charge in [-0.05, 0) is 35.8 Å². The number of amides is 1. The quantitative estimate of drug-likeness (QED) is 0.776. The lowest BCUT2D eigenvalue weighted by molar-refractivity contribution is 0.207. The van der Waals surface area contributed by atoms with Crippen LogP contribution in [0.4, 0.5) is 9.18 Å². The van der Waals surface area contributed by atoms with Crippen LogP contribution < -0.4 is 9.46 Å². The van der Waals surface area contributed by atoms with Crippen molar-refractivity contribution in [2.45, 2.75) is 4.90 Å². The number of aromatic nitrogens is 2. The Bertz CT molecular complexity index is 973. The van der Waals surface area contributed by atoms with Gasteiger partial charge in [-0.2, -0.15) is 0 Å². The second-order valence-electron chi connectivity index (χ2n) is 4.30. The van der Waals surface area contributed by atoms with Crippen molar-refractivity contribution >= 4 is 37.9 Å². The standard InChI is InChI=1S/C13H8FN3O4S2/c14-9-6-7-10(12-11(9)15-17-22-12)21-13(18)16-23(19,20)8-4-2-1-3-5-8/h1-7H,(H,16,18). The van der Waals surface area contributed by atoms with Gasteiger partial charge in [0.05, 0.1) is 4.90 Å². The van der Waals surface area contributed by atoms with E-state index in [1.807, 2.05) is 0 Å². The topological polar surface area (TPSA) is 98.2 Å². The molecule has 7 nitrogen and oxygen atoms in total. The Morgan fingerprint density at radius 3 is 2.65 bits per heavy atom. The fourth-order valence-corrected chi connectivity index (χ4v) is 3.30. The van der Waals surface area contributed by atoms with Crippen molar-refractivity contribution in [2.24, 2.45) is 0 Å². The number of ether oxygens (including phenoxy) is 1. The van der Waals surface area contributed by atoms with Crippen molar-refractivity contribution < 1.29 is 22.3 Å². The summed E-state index contributed by atoms with van der Waals surface area (Å²) in [7, 11) is -4.05. The third-order valence-electron chi connectivity index (χ3n) is 2.79. The van der Waals surface area contributed by atoms with Gasteiger partial charge in [0, 0.05) is 0 Å². The van der Waals surface area contributed by atoms with Crippen LogP contribution >= 0.6 is 11.5 Å². The number of benzene rings is 2. The van der Waals surface area contributed by atoms with E-state index in [4.69, 9.17) is 4.74 Å². The number of sulfonamides is 1. The third kappa shape index (κ3) is 3.12. The van der Waals surface area contributed by atoms with E-state index in [1.165, 1.54) is 30.3 Å². The number of fused-ring (bicyclic) bond motifs is 1. The third-order valence-corrected chi connectivity index (χ3v) is 4.86. The number of nitrogens with zero attached hydrogens (tertiary/aromatic N) is 2. The summed E-state index contributed by atoms with van der Waals surface area (Å²) in [5.41, 5.74) is -0.0498. The number of rotatable bonds is 3. The van der Waals surface area contributed by atoms with Crippen LogP contribution in [-0.4, -0.2) is 24.1 Å². The molecule has 10 heteroatoms. The van der Waals surface area contributed by atoms with Gasteiger partial charge in [-0.15, -0.1) is 5.10 Å². The number of carbonyl (C=O) groups excluding carboxylic acids is 1. The minimum atomic E-state index is -4.05. The first-order chi connectivity index (χ1) is 11.0. The number of hydrogen-bond acceptors (Lipinski definition) is 7. The van der Waals surface area contributed by atoms with Crippen LogP contribution in [0.3, 0.4) is 0 Å². The lowest BCUT2D eigenvalue weighted by Gasteiger charge is -2.08.